The zero-order chi connectivity index (χ0) is 27.6. The van der Waals surface area contributed by atoms with E-state index in [9.17, 15) is 9.59 Å². The molecular formula is C36H56O4. The van der Waals surface area contributed by atoms with Crippen LogP contribution in [-0.4, -0.2) is 36.0 Å². The fourth-order valence-electron chi connectivity index (χ4n) is 12.5. The van der Waals surface area contributed by atoms with Crippen LogP contribution in [0.4, 0.5) is 0 Å². The molecule has 0 radical (unpaired) electrons. The van der Waals surface area contributed by atoms with E-state index < -0.39 is 0 Å². The molecule has 2 unspecified atom stereocenters. The zero-order valence-electron chi connectivity index (χ0n) is 25.7. The lowest BCUT2D eigenvalue weighted by Crippen LogP contribution is -2.59. The largest absolute Gasteiger partial charge is 0.367 e. The summed E-state index contributed by atoms with van der Waals surface area (Å²) in [5.74, 6) is 4.73. The van der Waals surface area contributed by atoms with E-state index in [0.29, 0.717) is 35.2 Å². The lowest BCUT2D eigenvalue weighted by Gasteiger charge is -2.61. The maximum atomic E-state index is 14.2. The molecule has 8 aliphatic carbocycles. The molecule has 8 saturated carbocycles. The van der Waals surface area contributed by atoms with Gasteiger partial charge in [0.05, 0.1) is 11.2 Å². The fourth-order valence-corrected chi connectivity index (χ4v) is 12.5. The van der Waals surface area contributed by atoms with Gasteiger partial charge in [0.2, 0.25) is 0 Å². The highest BCUT2D eigenvalue weighted by molar-refractivity contribution is 5.91. The quantitative estimate of drug-likeness (QED) is 0.274. The van der Waals surface area contributed by atoms with Gasteiger partial charge >= 0.3 is 0 Å². The smallest absolute Gasteiger partial charge is 0.164 e. The Bertz CT molecular complexity index is 899. The summed E-state index contributed by atoms with van der Waals surface area (Å²) < 4.78 is 13.6. The average molecular weight is 553 g/mol. The van der Waals surface area contributed by atoms with Gasteiger partial charge in [-0.25, -0.2) is 0 Å². The molecular weight excluding hydrogens is 496 g/mol. The monoisotopic (exact) mass is 552 g/mol. The summed E-state index contributed by atoms with van der Waals surface area (Å²) in [7, 11) is 0. The van der Waals surface area contributed by atoms with Crippen LogP contribution in [0.15, 0.2) is 0 Å². The second-order valence-corrected chi connectivity index (χ2v) is 16.3. The number of rotatable bonds is 10. The van der Waals surface area contributed by atoms with Crippen molar-refractivity contribution in [2.75, 3.05) is 13.2 Å². The Balaban J connectivity index is 1.04. The van der Waals surface area contributed by atoms with Gasteiger partial charge in [-0.15, -0.1) is 0 Å². The first-order chi connectivity index (χ1) is 19.3. The van der Waals surface area contributed by atoms with E-state index in [1.165, 1.54) is 70.6 Å². The molecule has 4 nitrogen and oxygen atoms in total. The predicted molar refractivity (Wildman–Crippen MR) is 157 cm³/mol. The summed E-state index contributed by atoms with van der Waals surface area (Å²) in [6.45, 7) is 5.11. The normalized spacial score (nSPS) is 49.1. The van der Waals surface area contributed by atoms with Gasteiger partial charge in [-0.1, -0.05) is 39.5 Å². The first-order valence-corrected chi connectivity index (χ1v) is 17.7. The summed E-state index contributed by atoms with van der Waals surface area (Å²) in [6, 6.07) is 0. The summed E-state index contributed by atoms with van der Waals surface area (Å²) in [5.41, 5.74) is -0.851. The van der Waals surface area contributed by atoms with Gasteiger partial charge in [-0.2, -0.15) is 0 Å². The molecule has 0 spiro atoms. The number of carbonyl (C=O) groups is 2. The minimum absolute atomic E-state index is 0.0944. The number of ether oxygens (including phenoxy) is 2. The Morgan fingerprint density at radius 3 is 1.48 bits per heavy atom. The van der Waals surface area contributed by atoms with Crippen LogP contribution in [0.25, 0.3) is 0 Å². The fraction of sp³-hybridized carbons (Fsp3) is 0.944. The van der Waals surface area contributed by atoms with Gasteiger partial charge in [-0.05, 0) is 138 Å². The van der Waals surface area contributed by atoms with Gasteiger partial charge in [0.25, 0.3) is 0 Å². The van der Waals surface area contributed by atoms with Crippen molar-refractivity contribution in [2.24, 2.45) is 46.3 Å². The highest BCUT2D eigenvalue weighted by atomic mass is 16.5. The van der Waals surface area contributed by atoms with Crippen LogP contribution < -0.4 is 0 Å². The third-order valence-electron chi connectivity index (χ3n) is 14.4. The molecule has 8 fully saturated rings. The van der Waals surface area contributed by atoms with E-state index >= 15 is 0 Å². The molecule has 8 rings (SSSR count). The lowest BCUT2D eigenvalue weighted by molar-refractivity contribution is -0.184. The summed E-state index contributed by atoms with van der Waals surface area (Å²) in [5, 5.41) is 0. The number of ketones is 2. The van der Waals surface area contributed by atoms with Crippen molar-refractivity contribution in [2.45, 2.75) is 153 Å². The van der Waals surface area contributed by atoms with E-state index in [-0.39, 0.29) is 35.2 Å². The number of hydrogen-bond donors (Lipinski definition) is 0. The summed E-state index contributed by atoms with van der Waals surface area (Å²) in [4.78, 5) is 28.4. The summed E-state index contributed by atoms with van der Waals surface area (Å²) in [6.07, 6.45) is 23.4. The van der Waals surface area contributed by atoms with E-state index in [2.05, 4.69) is 13.8 Å². The number of Topliss-reactive ketones (excluding diaryl/α,β-unsaturated/α-hetero) is 2. The molecule has 8 bridgehead atoms. The molecule has 4 heteroatoms. The van der Waals surface area contributed by atoms with Gasteiger partial charge in [0.1, 0.15) is 13.2 Å². The highest BCUT2D eigenvalue weighted by Crippen LogP contribution is 2.66. The van der Waals surface area contributed by atoms with Crippen LogP contribution in [0.5, 0.6) is 0 Å². The van der Waals surface area contributed by atoms with Gasteiger partial charge in [0, 0.05) is 10.8 Å². The molecule has 0 aromatic carbocycles. The number of hydrogen-bond acceptors (Lipinski definition) is 4. The Morgan fingerprint density at radius 2 is 1.05 bits per heavy atom. The predicted octanol–water partition coefficient (Wildman–Crippen LogP) is 8.24. The molecule has 0 heterocycles. The van der Waals surface area contributed by atoms with Crippen LogP contribution >= 0.6 is 0 Å². The van der Waals surface area contributed by atoms with Crippen LogP contribution in [0.1, 0.15) is 142 Å². The molecule has 0 N–H and O–H groups in total. The van der Waals surface area contributed by atoms with Gasteiger partial charge in [-0.3, -0.25) is 9.59 Å². The second kappa shape index (κ2) is 10.5. The minimum atomic E-state index is -0.331. The van der Waals surface area contributed by atoms with Crippen LogP contribution in [-0.2, 0) is 19.1 Å². The molecule has 8 atom stereocenters. The van der Waals surface area contributed by atoms with Gasteiger partial charge < -0.3 is 9.47 Å². The van der Waals surface area contributed by atoms with E-state index in [1.54, 1.807) is 0 Å². The maximum absolute atomic E-state index is 14.2. The zero-order valence-corrected chi connectivity index (χ0v) is 25.7. The highest BCUT2D eigenvalue weighted by Gasteiger charge is 2.63. The van der Waals surface area contributed by atoms with Crippen molar-refractivity contribution in [3.8, 4) is 0 Å². The Kier molecular flexibility index (Phi) is 7.34. The SMILES string of the molecule is CC[C@@]1(OCC(=O)C23CC4CC(C2)CC(C(=O)CO[C@@]2(CC)CC[C@@H]5CCC[C@H]2C5)(C4)C3)CC[C@H]2CCC[C@@H]1C2. The van der Waals surface area contributed by atoms with Crippen LogP contribution in [0.3, 0.4) is 0 Å². The lowest BCUT2D eigenvalue weighted by atomic mass is 9.42. The number of carbonyl (C=O) groups excluding carboxylic acids is 2. The van der Waals surface area contributed by atoms with E-state index in [4.69, 9.17) is 9.47 Å². The van der Waals surface area contributed by atoms with Crippen LogP contribution in [0, 0.1) is 46.3 Å². The number of fused-ring (bicyclic) bond motifs is 4. The minimum Gasteiger partial charge on any atom is -0.367 e. The first-order valence-electron chi connectivity index (χ1n) is 17.7. The second-order valence-electron chi connectivity index (χ2n) is 16.3. The molecule has 0 aliphatic heterocycles. The third-order valence-corrected chi connectivity index (χ3v) is 14.4. The van der Waals surface area contributed by atoms with Crippen molar-refractivity contribution in [3.05, 3.63) is 0 Å². The molecule has 40 heavy (non-hydrogen) atoms. The van der Waals surface area contributed by atoms with Crippen LogP contribution in [0.2, 0.25) is 0 Å². The Morgan fingerprint density at radius 1 is 0.600 bits per heavy atom. The van der Waals surface area contributed by atoms with Crippen molar-refractivity contribution >= 4 is 11.6 Å². The molecule has 0 aromatic rings. The Hall–Kier alpha value is -0.740. The van der Waals surface area contributed by atoms with Crippen molar-refractivity contribution in [1.29, 1.82) is 0 Å². The average Bonchev–Trinajstić information content (AvgIpc) is 2.96. The molecule has 0 amide bonds. The third kappa shape index (κ3) is 4.59. The van der Waals surface area contributed by atoms with Crippen molar-refractivity contribution < 1.29 is 19.1 Å². The Labute approximate surface area is 243 Å². The first kappa shape index (κ1) is 28.1. The molecule has 8 aliphatic rings. The summed E-state index contributed by atoms with van der Waals surface area (Å²) >= 11 is 0. The van der Waals surface area contributed by atoms with Crippen molar-refractivity contribution in [3.63, 3.8) is 0 Å². The standard InChI is InChI=1S/C36H56O4/c1-3-35(13-11-25-7-5-9-29(35)16-25)39-22-31(37)33-18-27-15-28(19-33)21-34(20-27,24-33)32(38)23-40-36(4-2)14-12-26-8-6-10-30(36)17-26/h25-30H,3-24H2,1-2H3/t25-,26+,27?,28?,29-,30+,33?,34?,35-,36+. The molecule has 0 aromatic heterocycles. The van der Waals surface area contributed by atoms with Crippen molar-refractivity contribution in [1.82, 2.24) is 0 Å². The maximum Gasteiger partial charge on any atom is 0.164 e. The molecule has 0 saturated heterocycles. The van der Waals surface area contributed by atoms with Gasteiger partial charge in [0.15, 0.2) is 11.6 Å². The van der Waals surface area contributed by atoms with E-state index in [0.717, 1.165) is 69.6 Å². The topological polar surface area (TPSA) is 52.6 Å². The molecule has 224 valence electrons. The van der Waals surface area contributed by atoms with E-state index in [1.807, 2.05) is 0 Å².